The maximum atomic E-state index is 13.5. The van der Waals surface area contributed by atoms with E-state index < -0.39 is 27.8 Å². The number of nitrogens with zero attached hydrogens (tertiary/aromatic N) is 4. The van der Waals surface area contributed by atoms with Crippen molar-refractivity contribution < 1.29 is 23.1 Å². The van der Waals surface area contributed by atoms with Crippen LogP contribution in [0.4, 0.5) is 10.7 Å². The van der Waals surface area contributed by atoms with E-state index in [-0.39, 0.29) is 28.6 Å². The summed E-state index contributed by atoms with van der Waals surface area (Å²) in [5, 5.41) is 11.0. The van der Waals surface area contributed by atoms with Gasteiger partial charge in [-0.15, -0.1) is 0 Å². The number of carbonyl (C=O) groups is 1. The third-order valence-electron chi connectivity index (χ3n) is 7.47. The van der Waals surface area contributed by atoms with Crippen molar-refractivity contribution in [3.8, 4) is 11.3 Å². The number of carbonyl (C=O) groups excluding carboxylic acids is 1. The molecule has 1 fully saturated rings. The minimum absolute atomic E-state index is 0.0448. The summed E-state index contributed by atoms with van der Waals surface area (Å²) in [5.41, 5.74) is 3.44. The summed E-state index contributed by atoms with van der Waals surface area (Å²) in [6.45, 7) is 14.8. The summed E-state index contributed by atoms with van der Waals surface area (Å²) in [6.07, 6.45) is -0.477. The Bertz CT molecular complexity index is 1610. The fraction of sp³-hybridized carbons (Fsp3) is 0.485. The zero-order valence-electron chi connectivity index (χ0n) is 27.0. The first-order valence-corrected chi connectivity index (χ1v) is 17.0. The molecule has 0 spiro atoms. The second-order valence-corrected chi connectivity index (χ2v) is 15.2. The molecule has 0 saturated carbocycles. The number of nitrogens with one attached hydrogen (secondary N) is 1. The summed E-state index contributed by atoms with van der Waals surface area (Å²) in [7, 11) is -4.07. The summed E-state index contributed by atoms with van der Waals surface area (Å²) < 4.78 is 35.2. The fourth-order valence-electron chi connectivity index (χ4n) is 5.65. The fourth-order valence-corrected chi connectivity index (χ4v) is 6.84. The van der Waals surface area contributed by atoms with Crippen LogP contribution in [0.2, 0.25) is 5.15 Å². The topological polar surface area (TPSA) is 125 Å². The lowest BCUT2D eigenvalue weighted by molar-refractivity contribution is 0.0171. The second kappa shape index (κ2) is 14.0. The van der Waals surface area contributed by atoms with Gasteiger partial charge in [-0.1, -0.05) is 55.8 Å². The molecule has 0 unspecified atom stereocenters. The molecule has 0 aliphatic carbocycles. The molecular formula is C33H44ClN5O5S. The van der Waals surface area contributed by atoms with Gasteiger partial charge in [0, 0.05) is 37.3 Å². The Morgan fingerprint density at radius 2 is 1.73 bits per heavy atom. The van der Waals surface area contributed by atoms with Crippen LogP contribution in [0, 0.1) is 19.8 Å². The normalized spacial score (nSPS) is 18.1. The quantitative estimate of drug-likeness (QED) is 0.281. The number of aryl methyl sites for hydroxylation is 2. The first kappa shape index (κ1) is 34.6. The lowest BCUT2D eigenvalue weighted by atomic mass is 10.00. The van der Waals surface area contributed by atoms with E-state index in [1.54, 1.807) is 23.1 Å². The molecule has 45 heavy (non-hydrogen) atoms. The van der Waals surface area contributed by atoms with Crippen molar-refractivity contribution in [3.05, 3.63) is 70.4 Å². The molecule has 4 rings (SSSR count). The van der Waals surface area contributed by atoms with Crippen molar-refractivity contribution in [2.24, 2.45) is 5.92 Å². The molecule has 10 nitrogen and oxygen atoms in total. The first-order valence-electron chi connectivity index (χ1n) is 15.1. The largest absolute Gasteiger partial charge is 0.444 e. The molecule has 1 saturated heterocycles. The molecule has 2 aromatic carbocycles. The lowest BCUT2D eigenvalue weighted by Crippen LogP contribution is -2.44. The zero-order valence-corrected chi connectivity index (χ0v) is 28.6. The van der Waals surface area contributed by atoms with Gasteiger partial charge in [-0.3, -0.25) is 4.90 Å². The molecule has 1 aromatic heterocycles. The van der Waals surface area contributed by atoms with Crippen LogP contribution in [-0.4, -0.2) is 76.8 Å². The van der Waals surface area contributed by atoms with Gasteiger partial charge in [-0.05, 0) is 75.8 Å². The highest BCUT2D eigenvalue weighted by molar-refractivity contribution is 7.92. The molecule has 0 radical (unpaired) electrons. The standard InChI is InChI=1S/C33H44ClN5O5S/c1-21(2)14-25-18-39(32(41)44-33(5,6)7)20-26(40)19-38(25)17-24-12-9-13-27(15-24)45(42,43)37-31-35-28(16-29(34)36-31)30-22(3)10-8-11-23(30)4/h8-13,15-16,21,25-26,40H,14,17-20H2,1-7H3,(H,35,36,37)/t25-,26+/m1/s1. The lowest BCUT2D eigenvalue weighted by Gasteiger charge is -2.33. The van der Waals surface area contributed by atoms with Gasteiger partial charge in [-0.25, -0.2) is 27.9 Å². The Morgan fingerprint density at radius 3 is 2.38 bits per heavy atom. The molecule has 244 valence electrons. The predicted molar refractivity (Wildman–Crippen MR) is 177 cm³/mol. The predicted octanol–water partition coefficient (Wildman–Crippen LogP) is 6.04. The molecule has 0 bridgehead atoms. The minimum Gasteiger partial charge on any atom is -0.444 e. The molecule has 2 heterocycles. The monoisotopic (exact) mass is 657 g/mol. The SMILES string of the molecule is Cc1cccc(C)c1-c1cc(Cl)nc(NS(=O)(=O)c2cccc(CN3C[C@H](O)CN(C(=O)OC(C)(C)C)C[C@H]3CC(C)C)c2)n1. The summed E-state index contributed by atoms with van der Waals surface area (Å²) in [4.78, 5) is 25.3. The number of anilines is 1. The Balaban J connectivity index is 1.57. The highest BCUT2D eigenvalue weighted by atomic mass is 35.5. The van der Waals surface area contributed by atoms with Crippen molar-refractivity contribution in [1.82, 2.24) is 19.8 Å². The van der Waals surface area contributed by atoms with Gasteiger partial charge >= 0.3 is 6.09 Å². The number of ether oxygens (including phenoxy) is 1. The number of β-amino-alcohol motifs (C(OH)–C–C–N with tert-alkyl or cyclic N) is 1. The van der Waals surface area contributed by atoms with Gasteiger partial charge in [0.05, 0.1) is 23.2 Å². The van der Waals surface area contributed by atoms with E-state index in [1.807, 2.05) is 58.9 Å². The third kappa shape index (κ3) is 9.38. The van der Waals surface area contributed by atoms with Crippen LogP contribution >= 0.6 is 11.6 Å². The second-order valence-electron chi connectivity index (χ2n) is 13.2. The summed E-state index contributed by atoms with van der Waals surface area (Å²) in [6, 6.07) is 14.0. The number of hydrogen-bond donors (Lipinski definition) is 2. The molecule has 1 aliphatic rings. The van der Waals surface area contributed by atoms with E-state index in [9.17, 15) is 18.3 Å². The highest BCUT2D eigenvalue weighted by Gasteiger charge is 2.34. The summed E-state index contributed by atoms with van der Waals surface area (Å²) in [5.74, 6) is 0.204. The van der Waals surface area contributed by atoms with Crippen LogP contribution in [-0.2, 0) is 21.3 Å². The average molecular weight is 658 g/mol. The van der Waals surface area contributed by atoms with Gasteiger partial charge in [0.1, 0.15) is 10.8 Å². The third-order valence-corrected chi connectivity index (χ3v) is 8.99. The number of rotatable bonds is 8. The molecule has 3 aromatic rings. The van der Waals surface area contributed by atoms with Crippen LogP contribution in [0.3, 0.4) is 0 Å². The van der Waals surface area contributed by atoms with Crippen LogP contribution in [0.1, 0.15) is 57.7 Å². The van der Waals surface area contributed by atoms with Gasteiger partial charge in [-0.2, -0.15) is 0 Å². The minimum atomic E-state index is -4.07. The van der Waals surface area contributed by atoms with Crippen molar-refractivity contribution >= 4 is 33.7 Å². The molecule has 2 N–H and O–H groups in total. The number of sulfonamides is 1. The van der Waals surface area contributed by atoms with Crippen LogP contribution in [0.25, 0.3) is 11.3 Å². The van der Waals surface area contributed by atoms with Crippen LogP contribution in [0.5, 0.6) is 0 Å². The van der Waals surface area contributed by atoms with Crippen molar-refractivity contribution in [3.63, 3.8) is 0 Å². The van der Waals surface area contributed by atoms with Crippen molar-refractivity contribution in [1.29, 1.82) is 0 Å². The molecule has 12 heteroatoms. The Labute approximate surface area is 271 Å². The van der Waals surface area contributed by atoms with Crippen molar-refractivity contribution in [2.75, 3.05) is 24.4 Å². The van der Waals surface area contributed by atoms with Crippen molar-refractivity contribution in [2.45, 2.75) is 84.1 Å². The van der Waals surface area contributed by atoms with E-state index in [1.165, 1.54) is 6.07 Å². The number of benzene rings is 2. The number of amides is 1. The Kier molecular flexibility index (Phi) is 10.8. The first-order chi connectivity index (χ1) is 21.0. The number of aromatic nitrogens is 2. The molecule has 2 atom stereocenters. The maximum absolute atomic E-state index is 13.5. The molecule has 1 aliphatic heterocycles. The number of aliphatic hydroxyl groups is 1. The smallest absolute Gasteiger partial charge is 0.410 e. The van der Waals surface area contributed by atoms with E-state index in [4.69, 9.17) is 16.3 Å². The highest BCUT2D eigenvalue weighted by Crippen LogP contribution is 2.29. The van der Waals surface area contributed by atoms with E-state index in [0.717, 1.165) is 28.7 Å². The Morgan fingerprint density at radius 1 is 1.07 bits per heavy atom. The van der Waals surface area contributed by atoms with Crippen LogP contribution < -0.4 is 4.72 Å². The summed E-state index contributed by atoms with van der Waals surface area (Å²) >= 11 is 6.30. The number of halogens is 1. The molecular weight excluding hydrogens is 614 g/mol. The number of hydrogen-bond acceptors (Lipinski definition) is 8. The van der Waals surface area contributed by atoms with Gasteiger partial charge in [0.25, 0.3) is 10.0 Å². The van der Waals surface area contributed by atoms with Crippen LogP contribution in [0.15, 0.2) is 53.4 Å². The van der Waals surface area contributed by atoms with Gasteiger partial charge < -0.3 is 14.7 Å². The average Bonchev–Trinajstić information content (AvgIpc) is 3.05. The van der Waals surface area contributed by atoms with E-state index >= 15 is 0 Å². The van der Waals surface area contributed by atoms with E-state index in [2.05, 4.69) is 33.4 Å². The van der Waals surface area contributed by atoms with Gasteiger partial charge in [0.15, 0.2) is 0 Å². The zero-order chi connectivity index (χ0) is 33.1. The molecule has 1 amide bonds. The van der Waals surface area contributed by atoms with Gasteiger partial charge in [0.2, 0.25) is 5.95 Å². The maximum Gasteiger partial charge on any atom is 0.410 e. The van der Waals surface area contributed by atoms with E-state index in [0.29, 0.717) is 31.2 Å². The Hall–Kier alpha value is -3.25. The number of aliphatic hydroxyl groups excluding tert-OH is 1.